The van der Waals surface area contributed by atoms with Crippen LogP contribution in [0.15, 0.2) is 18.2 Å². The fourth-order valence-electron chi connectivity index (χ4n) is 2.32. The van der Waals surface area contributed by atoms with Crippen molar-refractivity contribution < 1.29 is 9.18 Å². The topological polar surface area (TPSA) is 58.4 Å². The SMILES string of the molecule is CC(=O)NC1CCN(c2ccc(CN)cc2F)C1. The molecule has 3 N–H and O–H groups in total. The largest absolute Gasteiger partial charge is 0.367 e. The molecule has 98 valence electrons. The molecule has 0 bridgehead atoms. The molecule has 18 heavy (non-hydrogen) atoms. The van der Waals surface area contributed by atoms with Crippen molar-refractivity contribution in [1.29, 1.82) is 0 Å². The minimum Gasteiger partial charge on any atom is -0.367 e. The van der Waals surface area contributed by atoms with Crippen molar-refractivity contribution in [3.05, 3.63) is 29.6 Å². The van der Waals surface area contributed by atoms with Crippen LogP contribution in [0.4, 0.5) is 10.1 Å². The molecule has 1 aliphatic rings. The van der Waals surface area contributed by atoms with E-state index in [1.165, 1.54) is 13.0 Å². The maximum absolute atomic E-state index is 13.9. The molecular weight excluding hydrogens is 233 g/mol. The summed E-state index contributed by atoms with van der Waals surface area (Å²) < 4.78 is 13.9. The van der Waals surface area contributed by atoms with Crippen molar-refractivity contribution in [2.24, 2.45) is 5.73 Å². The Kier molecular flexibility index (Phi) is 3.81. The third kappa shape index (κ3) is 2.79. The van der Waals surface area contributed by atoms with Crippen molar-refractivity contribution in [2.75, 3.05) is 18.0 Å². The number of hydrogen-bond acceptors (Lipinski definition) is 3. The number of halogens is 1. The molecule has 1 aliphatic heterocycles. The molecule has 0 radical (unpaired) electrons. The van der Waals surface area contributed by atoms with E-state index >= 15 is 0 Å². The lowest BCUT2D eigenvalue weighted by molar-refractivity contribution is -0.119. The Balaban J connectivity index is 2.07. The first-order valence-electron chi connectivity index (χ1n) is 6.10. The number of rotatable bonds is 3. The third-order valence-electron chi connectivity index (χ3n) is 3.18. The zero-order valence-corrected chi connectivity index (χ0v) is 10.4. The Hall–Kier alpha value is -1.62. The molecule has 0 aromatic heterocycles. The van der Waals surface area contributed by atoms with E-state index in [1.54, 1.807) is 6.07 Å². The number of benzene rings is 1. The lowest BCUT2D eigenvalue weighted by Gasteiger charge is -2.20. The van der Waals surface area contributed by atoms with Gasteiger partial charge in [0, 0.05) is 32.6 Å². The molecule has 1 heterocycles. The Morgan fingerprint density at radius 1 is 1.61 bits per heavy atom. The highest BCUT2D eigenvalue weighted by Gasteiger charge is 2.24. The molecule has 0 saturated carbocycles. The highest BCUT2D eigenvalue weighted by Crippen LogP contribution is 2.24. The van der Waals surface area contributed by atoms with E-state index in [-0.39, 0.29) is 17.8 Å². The fraction of sp³-hybridized carbons (Fsp3) is 0.462. The minimum absolute atomic E-state index is 0.0409. The van der Waals surface area contributed by atoms with Crippen LogP contribution >= 0.6 is 0 Å². The summed E-state index contributed by atoms with van der Waals surface area (Å²) >= 11 is 0. The molecule has 0 aliphatic carbocycles. The van der Waals surface area contributed by atoms with Crippen LogP contribution in [0.2, 0.25) is 0 Å². The van der Waals surface area contributed by atoms with E-state index in [0.29, 0.717) is 18.8 Å². The van der Waals surface area contributed by atoms with Gasteiger partial charge in [0.1, 0.15) is 5.82 Å². The monoisotopic (exact) mass is 251 g/mol. The second kappa shape index (κ2) is 5.35. The Morgan fingerprint density at radius 2 is 2.39 bits per heavy atom. The van der Waals surface area contributed by atoms with Gasteiger partial charge in [0.2, 0.25) is 5.91 Å². The summed E-state index contributed by atoms with van der Waals surface area (Å²) in [6, 6.07) is 5.18. The van der Waals surface area contributed by atoms with Crippen LogP contribution in [0.5, 0.6) is 0 Å². The summed E-state index contributed by atoms with van der Waals surface area (Å²) in [5, 5.41) is 2.86. The van der Waals surface area contributed by atoms with Gasteiger partial charge < -0.3 is 16.0 Å². The highest BCUT2D eigenvalue weighted by molar-refractivity contribution is 5.73. The van der Waals surface area contributed by atoms with Crippen molar-refractivity contribution in [2.45, 2.75) is 25.9 Å². The molecule has 1 amide bonds. The van der Waals surface area contributed by atoms with Crippen molar-refractivity contribution in [3.63, 3.8) is 0 Å². The molecule has 1 aromatic carbocycles. The van der Waals surface area contributed by atoms with Crippen molar-refractivity contribution >= 4 is 11.6 Å². The van der Waals surface area contributed by atoms with Crippen molar-refractivity contribution in [1.82, 2.24) is 5.32 Å². The Morgan fingerprint density at radius 3 is 3.00 bits per heavy atom. The lowest BCUT2D eigenvalue weighted by Crippen LogP contribution is -2.35. The van der Waals surface area contributed by atoms with Crippen LogP contribution < -0.4 is 16.0 Å². The first-order chi connectivity index (χ1) is 8.60. The van der Waals surface area contributed by atoms with Gasteiger partial charge >= 0.3 is 0 Å². The van der Waals surface area contributed by atoms with E-state index < -0.39 is 0 Å². The maximum Gasteiger partial charge on any atom is 0.217 e. The zero-order chi connectivity index (χ0) is 13.1. The summed E-state index contributed by atoms with van der Waals surface area (Å²) in [5.74, 6) is -0.290. The first kappa shape index (κ1) is 12.8. The van der Waals surface area contributed by atoms with Crippen molar-refractivity contribution in [3.8, 4) is 0 Å². The molecule has 1 fully saturated rings. The van der Waals surface area contributed by atoms with Gasteiger partial charge in [0.25, 0.3) is 0 Å². The molecule has 1 aromatic rings. The minimum atomic E-state index is -0.249. The van der Waals surface area contributed by atoms with E-state index in [9.17, 15) is 9.18 Å². The molecule has 2 rings (SSSR count). The standard InChI is InChI=1S/C13H18FN3O/c1-9(18)16-11-4-5-17(8-11)13-3-2-10(7-15)6-12(13)14/h2-3,6,11H,4-5,7-8,15H2,1H3,(H,16,18). The molecule has 5 heteroatoms. The number of carbonyl (C=O) groups is 1. The fourth-order valence-corrected chi connectivity index (χ4v) is 2.32. The summed E-state index contributed by atoms with van der Waals surface area (Å²) in [4.78, 5) is 12.9. The van der Waals surface area contributed by atoms with Gasteiger partial charge in [0.05, 0.1) is 5.69 Å². The molecule has 1 saturated heterocycles. The zero-order valence-electron chi connectivity index (χ0n) is 10.4. The average Bonchev–Trinajstić information content (AvgIpc) is 2.76. The van der Waals surface area contributed by atoms with E-state index in [1.807, 2.05) is 11.0 Å². The number of carbonyl (C=O) groups excluding carboxylic acids is 1. The van der Waals surface area contributed by atoms with Crippen LogP contribution in [0.1, 0.15) is 18.9 Å². The summed E-state index contributed by atoms with van der Waals surface area (Å²) in [6.07, 6.45) is 0.845. The number of anilines is 1. The number of hydrogen-bond donors (Lipinski definition) is 2. The molecule has 0 spiro atoms. The molecule has 1 atom stereocenters. The van der Waals surface area contributed by atoms with E-state index in [0.717, 1.165) is 18.5 Å². The predicted octanol–water partition coefficient (Wildman–Crippen LogP) is 0.999. The van der Waals surface area contributed by atoms with E-state index in [4.69, 9.17) is 5.73 Å². The van der Waals surface area contributed by atoms with Gasteiger partial charge in [-0.25, -0.2) is 4.39 Å². The molecular formula is C13H18FN3O. The number of nitrogens with zero attached hydrogens (tertiary/aromatic N) is 1. The maximum atomic E-state index is 13.9. The Labute approximate surface area is 106 Å². The predicted molar refractivity (Wildman–Crippen MR) is 68.7 cm³/mol. The number of nitrogens with one attached hydrogen (secondary N) is 1. The van der Waals surface area contributed by atoms with Crippen LogP contribution in [0.25, 0.3) is 0 Å². The number of nitrogens with two attached hydrogens (primary N) is 1. The summed E-state index contributed by atoms with van der Waals surface area (Å²) in [7, 11) is 0. The first-order valence-corrected chi connectivity index (χ1v) is 6.10. The van der Waals surface area contributed by atoms with Gasteiger partial charge in [0.15, 0.2) is 0 Å². The Bertz CT molecular complexity index is 450. The van der Waals surface area contributed by atoms with Crippen LogP contribution in [0, 0.1) is 5.82 Å². The van der Waals surface area contributed by atoms with Gasteiger partial charge in [-0.1, -0.05) is 6.07 Å². The summed E-state index contributed by atoms with van der Waals surface area (Å²) in [5.41, 5.74) is 6.84. The normalized spacial score (nSPS) is 19.1. The molecule has 4 nitrogen and oxygen atoms in total. The van der Waals surface area contributed by atoms with Crippen LogP contribution in [0.3, 0.4) is 0 Å². The smallest absolute Gasteiger partial charge is 0.217 e. The van der Waals surface area contributed by atoms with Crippen LogP contribution in [-0.4, -0.2) is 25.0 Å². The summed E-state index contributed by atoms with van der Waals surface area (Å²) in [6.45, 7) is 3.24. The average molecular weight is 251 g/mol. The van der Waals surface area contributed by atoms with Gasteiger partial charge in [-0.3, -0.25) is 4.79 Å². The van der Waals surface area contributed by atoms with Gasteiger partial charge in [-0.2, -0.15) is 0 Å². The van der Waals surface area contributed by atoms with Crippen LogP contribution in [-0.2, 0) is 11.3 Å². The third-order valence-corrected chi connectivity index (χ3v) is 3.18. The van der Waals surface area contributed by atoms with Gasteiger partial charge in [-0.05, 0) is 24.1 Å². The van der Waals surface area contributed by atoms with E-state index in [2.05, 4.69) is 5.32 Å². The number of amides is 1. The second-order valence-corrected chi connectivity index (χ2v) is 4.62. The second-order valence-electron chi connectivity index (χ2n) is 4.62. The molecule has 1 unspecified atom stereocenters. The van der Waals surface area contributed by atoms with Gasteiger partial charge in [-0.15, -0.1) is 0 Å². The quantitative estimate of drug-likeness (QED) is 0.842. The lowest BCUT2D eigenvalue weighted by atomic mass is 10.2. The highest BCUT2D eigenvalue weighted by atomic mass is 19.1.